The molecule has 1 fully saturated rings. The lowest BCUT2D eigenvalue weighted by Crippen LogP contribution is -2.12. The van der Waals surface area contributed by atoms with Crippen molar-refractivity contribution in [3.63, 3.8) is 0 Å². The Hall–Kier alpha value is -3.82. The molecule has 0 aliphatic heterocycles. The van der Waals surface area contributed by atoms with Crippen LogP contribution in [0, 0.1) is 0 Å². The molecule has 1 aromatic carbocycles. The van der Waals surface area contributed by atoms with Gasteiger partial charge in [-0.2, -0.15) is 4.98 Å². The zero-order chi connectivity index (χ0) is 19.6. The second kappa shape index (κ2) is 7.30. The Bertz CT molecular complexity index is 1130. The van der Waals surface area contributed by atoms with Gasteiger partial charge in [0.2, 0.25) is 17.6 Å². The SMILES string of the molecule is O=C(CCc1nc(-c2ccco2)no1)Nc1cccc(-c2nnnn2C2CC2)c1. The summed E-state index contributed by atoms with van der Waals surface area (Å²) < 4.78 is 12.2. The molecule has 0 atom stereocenters. The van der Waals surface area contributed by atoms with Crippen LogP contribution in [0.1, 0.15) is 31.2 Å². The summed E-state index contributed by atoms with van der Waals surface area (Å²) in [5.41, 5.74) is 1.54. The molecule has 0 bridgehead atoms. The third-order valence-electron chi connectivity index (χ3n) is 4.57. The Morgan fingerprint density at radius 1 is 1.24 bits per heavy atom. The van der Waals surface area contributed by atoms with Crippen LogP contribution in [0.5, 0.6) is 0 Å². The van der Waals surface area contributed by atoms with E-state index >= 15 is 0 Å². The van der Waals surface area contributed by atoms with Crippen LogP contribution in [-0.2, 0) is 11.2 Å². The maximum atomic E-state index is 12.3. The average Bonchev–Trinajstić information content (AvgIpc) is 3.17. The van der Waals surface area contributed by atoms with E-state index in [4.69, 9.17) is 8.94 Å². The van der Waals surface area contributed by atoms with Crippen LogP contribution in [0.4, 0.5) is 5.69 Å². The number of hydrogen-bond donors (Lipinski definition) is 1. The molecule has 0 radical (unpaired) electrons. The van der Waals surface area contributed by atoms with Crippen LogP contribution in [0.25, 0.3) is 23.0 Å². The highest BCUT2D eigenvalue weighted by atomic mass is 16.5. The zero-order valence-corrected chi connectivity index (χ0v) is 15.4. The number of amides is 1. The number of tetrazole rings is 1. The van der Waals surface area contributed by atoms with Gasteiger partial charge in [0.15, 0.2) is 11.6 Å². The van der Waals surface area contributed by atoms with Gasteiger partial charge in [-0.3, -0.25) is 4.79 Å². The summed E-state index contributed by atoms with van der Waals surface area (Å²) in [4.78, 5) is 16.6. The molecular weight excluding hydrogens is 374 g/mol. The lowest BCUT2D eigenvalue weighted by atomic mass is 10.2. The van der Waals surface area contributed by atoms with Gasteiger partial charge in [0.25, 0.3) is 0 Å². The fourth-order valence-electron chi connectivity index (χ4n) is 2.99. The van der Waals surface area contributed by atoms with E-state index in [2.05, 4.69) is 31.0 Å². The van der Waals surface area contributed by atoms with E-state index in [1.165, 1.54) is 6.26 Å². The van der Waals surface area contributed by atoms with Crippen LogP contribution in [-0.4, -0.2) is 36.3 Å². The van der Waals surface area contributed by atoms with Gasteiger partial charge in [-0.1, -0.05) is 17.3 Å². The quantitative estimate of drug-likeness (QED) is 0.510. The van der Waals surface area contributed by atoms with Crippen molar-refractivity contribution < 1.29 is 13.7 Å². The fraction of sp³-hybridized carbons (Fsp3) is 0.263. The number of aromatic nitrogens is 6. The summed E-state index contributed by atoms with van der Waals surface area (Å²) in [6.45, 7) is 0. The van der Waals surface area contributed by atoms with Gasteiger partial charge >= 0.3 is 0 Å². The monoisotopic (exact) mass is 391 g/mol. The molecule has 146 valence electrons. The first-order valence-corrected chi connectivity index (χ1v) is 9.31. The Morgan fingerprint density at radius 3 is 3.00 bits per heavy atom. The van der Waals surface area contributed by atoms with Crippen molar-refractivity contribution in [2.24, 2.45) is 0 Å². The number of carbonyl (C=O) groups excluding carboxylic acids is 1. The number of furan rings is 1. The van der Waals surface area contributed by atoms with Crippen molar-refractivity contribution in [3.8, 4) is 23.0 Å². The minimum absolute atomic E-state index is 0.151. The smallest absolute Gasteiger partial charge is 0.238 e. The normalized spacial score (nSPS) is 13.5. The maximum absolute atomic E-state index is 12.3. The minimum Gasteiger partial charge on any atom is -0.461 e. The van der Waals surface area contributed by atoms with Gasteiger partial charge < -0.3 is 14.3 Å². The van der Waals surface area contributed by atoms with E-state index in [1.807, 2.05) is 28.9 Å². The maximum Gasteiger partial charge on any atom is 0.238 e. The highest BCUT2D eigenvalue weighted by Gasteiger charge is 2.28. The van der Waals surface area contributed by atoms with Crippen LogP contribution in [0.3, 0.4) is 0 Å². The summed E-state index contributed by atoms with van der Waals surface area (Å²) >= 11 is 0. The summed E-state index contributed by atoms with van der Waals surface area (Å²) in [7, 11) is 0. The second-order valence-corrected chi connectivity index (χ2v) is 6.80. The summed E-state index contributed by atoms with van der Waals surface area (Å²) in [6.07, 6.45) is 4.26. The van der Waals surface area contributed by atoms with Gasteiger partial charge in [-0.15, -0.1) is 5.10 Å². The van der Waals surface area contributed by atoms with E-state index < -0.39 is 0 Å². The molecule has 3 aromatic heterocycles. The van der Waals surface area contributed by atoms with Crippen LogP contribution < -0.4 is 5.32 Å². The number of anilines is 1. The van der Waals surface area contributed by atoms with Gasteiger partial charge in [0.1, 0.15) is 0 Å². The molecule has 1 N–H and O–H groups in total. The summed E-state index contributed by atoms with van der Waals surface area (Å²) in [5.74, 6) is 1.83. The molecule has 1 amide bonds. The first kappa shape index (κ1) is 17.3. The number of hydrogen-bond acceptors (Lipinski definition) is 8. The molecule has 3 heterocycles. The first-order chi connectivity index (χ1) is 14.3. The predicted octanol–water partition coefficient (Wildman–Crippen LogP) is 2.89. The van der Waals surface area contributed by atoms with E-state index in [1.54, 1.807) is 12.1 Å². The van der Waals surface area contributed by atoms with Crippen molar-refractivity contribution >= 4 is 11.6 Å². The van der Waals surface area contributed by atoms with Crippen LogP contribution >= 0.6 is 0 Å². The molecule has 1 aliphatic rings. The van der Waals surface area contributed by atoms with Crippen LogP contribution in [0.15, 0.2) is 51.6 Å². The number of benzene rings is 1. The van der Waals surface area contributed by atoms with Crippen molar-refractivity contribution in [2.45, 2.75) is 31.7 Å². The van der Waals surface area contributed by atoms with E-state index in [-0.39, 0.29) is 12.3 Å². The lowest BCUT2D eigenvalue weighted by molar-refractivity contribution is -0.116. The largest absolute Gasteiger partial charge is 0.461 e. The molecule has 10 heteroatoms. The number of nitrogens with zero attached hydrogens (tertiary/aromatic N) is 6. The van der Waals surface area contributed by atoms with E-state index in [0.29, 0.717) is 41.4 Å². The van der Waals surface area contributed by atoms with Gasteiger partial charge in [-0.25, -0.2) is 4.68 Å². The predicted molar refractivity (Wildman–Crippen MR) is 100 cm³/mol. The highest BCUT2D eigenvalue weighted by Crippen LogP contribution is 2.36. The Labute approximate surface area is 164 Å². The molecule has 1 saturated carbocycles. The van der Waals surface area contributed by atoms with Crippen molar-refractivity contribution in [1.29, 1.82) is 0 Å². The molecule has 1 aliphatic carbocycles. The van der Waals surface area contributed by atoms with Gasteiger partial charge in [0.05, 0.1) is 12.3 Å². The van der Waals surface area contributed by atoms with Crippen LogP contribution in [0.2, 0.25) is 0 Å². The third-order valence-corrected chi connectivity index (χ3v) is 4.57. The molecule has 0 spiro atoms. The molecular formula is C19H17N7O3. The number of nitrogens with one attached hydrogen (secondary N) is 1. The van der Waals surface area contributed by atoms with Gasteiger partial charge in [0, 0.05) is 24.1 Å². The second-order valence-electron chi connectivity index (χ2n) is 6.80. The topological polar surface area (TPSA) is 125 Å². The average molecular weight is 391 g/mol. The van der Waals surface area contributed by atoms with Crippen molar-refractivity contribution in [2.75, 3.05) is 5.32 Å². The highest BCUT2D eigenvalue weighted by molar-refractivity contribution is 5.91. The van der Waals surface area contributed by atoms with E-state index in [0.717, 1.165) is 18.4 Å². The van der Waals surface area contributed by atoms with Gasteiger partial charge in [-0.05, 0) is 47.5 Å². The van der Waals surface area contributed by atoms with Crippen molar-refractivity contribution in [1.82, 2.24) is 30.3 Å². The number of rotatable bonds is 7. The Balaban J connectivity index is 1.21. The zero-order valence-electron chi connectivity index (χ0n) is 15.4. The molecule has 0 saturated heterocycles. The molecule has 5 rings (SSSR count). The molecule has 29 heavy (non-hydrogen) atoms. The summed E-state index contributed by atoms with van der Waals surface area (Å²) in [5, 5.41) is 18.7. The molecule has 10 nitrogen and oxygen atoms in total. The minimum atomic E-state index is -0.151. The Morgan fingerprint density at radius 2 is 2.17 bits per heavy atom. The molecule has 0 unspecified atom stereocenters. The molecule has 4 aromatic rings. The van der Waals surface area contributed by atoms with E-state index in [9.17, 15) is 4.79 Å². The summed E-state index contributed by atoms with van der Waals surface area (Å²) in [6, 6.07) is 11.3. The first-order valence-electron chi connectivity index (χ1n) is 9.31. The third kappa shape index (κ3) is 3.77. The Kier molecular flexibility index (Phi) is 4.35. The standard InChI is InChI=1S/C19H17N7O3/c27-16(8-9-17-21-18(23-29-17)15-5-2-10-28-15)20-13-4-1-3-12(11-13)19-22-24-25-26(19)14-6-7-14/h1-5,10-11,14H,6-9H2,(H,20,27). The number of aryl methyl sites for hydroxylation is 1. The fourth-order valence-corrected chi connectivity index (χ4v) is 2.99. The van der Waals surface area contributed by atoms with Crippen molar-refractivity contribution in [3.05, 3.63) is 48.6 Å². The lowest BCUT2D eigenvalue weighted by Gasteiger charge is -2.07. The number of carbonyl (C=O) groups is 1.